The van der Waals surface area contributed by atoms with Gasteiger partial charge in [0.05, 0.1) is 5.92 Å². The molecule has 0 saturated carbocycles. The number of unbranched alkanes of at least 4 members (excludes halogenated alkanes) is 14. The predicted molar refractivity (Wildman–Crippen MR) is 115 cm³/mol. The highest BCUT2D eigenvalue weighted by Gasteiger charge is 2.26. The quantitative estimate of drug-likeness (QED) is 0.225. The molecule has 1 N–H and O–H groups in total. The highest BCUT2D eigenvalue weighted by Crippen LogP contribution is 2.18. The van der Waals surface area contributed by atoms with Crippen LogP contribution in [0.2, 0.25) is 0 Å². The standard InChI is InChI=1S/C24H45NO2/c1-2-3-4-5-6-7-8-9-10-11-12-13-14-15-16-20-23(26)22-19-17-18-21-25-24(22)27/h22H,2-21H2,1H3,(H,25,27). The van der Waals surface area contributed by atoms with Crippen LogP contribution in [-0.4, -0.2) is 18.2 Å². The number of hydrogen-bond acceptors (Lipinski definition) is 2. The van der Waals surface area contributed by atoms with Crippen molar-refractivity contribution in [3.8, 4) is 0 Å². The number of carbonyl (C=O) groups excluding carboxylic acids is 2. The van der Waals surface area contributed by atoms with Gasteiger partial charge in [0, 0.05) is 13.0 Å². The van der Waals surface area contributed by atoms with E-state index in [0.29, 0.717) is 6.42 Å². The van der Waals surface area contributed by atoms with Gasteiger partial charge in [0.1, 0.15) is 5.78 Å². The number of ketones is 1. The van der Waals surface area contributed by atoms with Crippen LogP contribution >= 0.6 is 0 Å². The van der Waals surface area contributed by atoms with Gasteiger partial charge in [-0.15, -0.1) is 0 Å². The molecule has 1 heterocycles. The molecule has 1 unspecified atom stereocenters. The Balaban J connectivity index is 1.83. The van der Waals surface area contributed by atoms with Crippen LogP contribution in [0.1, 0.15) is 129 Å². The van der Waals surface area contributed by atoms with E-state index in [1.807, 2.05) is 0 Å². The molecule has 0 bridgehead atoms. The fourth-order valence-corrected chi connectivity index (χ4v) is 4.09. The van der Waals surface area contributed by atoms with Gasteiger partial charge < -0.3 is 5.32 Å². The number of amides is 1. The summed E-state index contributed by atoms with van der Waals surface area (Å²) in [6.07, 6.45) is 23.4. The molecule has 1 amide bonds. The van der Waals surface area contributed by atoms with Gasteiger partial charge in [0.25, 0.3) is 0 Å². The molecule has 0 radical (unpaired) electrons. The van der Waals surface area contributed by atoms with Gasteiger partial charge in [-0.1, -0.05) is 103 Å². The highest BCUT2D eigenvalue weighted by atomic mass is 16.2. The lowest BCUT2D eigenvalue weighted by Gasteiger charge is -2.11. The molecule has 1 rings (SSSR count). The molecule has 1 atom stereocenters. The van der Waals surface area contributed by atoms with Crippen molar-refractivity contribution in [2.75, 3.05) is 6.54 Å². The molecule has 1 aliphatic rings. The van der Waals surface area contributed by atoms with E-state index in [4.69, 9.17) is 0 Å². The summed E-state index contributed by atoms with van der Waals surface area (Å²) in [4.78, 5) is 24.1. The zero-order valence-electron chi connectivity index (χ0n) is 18.0. The normalized spacial score (nSPS) is 17.5. The number of carbonyl (C=O) groups is 2. The van der Waals surface area contributed by atoms with Crippen molar-refractivity contribution in [1.82, 2.24) is 5.32 Å². The lowest BCUT2D eigenvalue weighted by Crippen LogP contribution is -2.33. The topological polar surface area (TPSA) is 46.2 Å². The Morgan fingerprint density at radius 1 is 0.778 bits per heavy atom. The van der Waals surface area contributed by atoms with Crippen molar-refractivity contribution in [1.29, 1.82) is 0 Å². The van der Waals surface area contributed by atoms with Crippen LogP contribution in [0.25, 0.3) is 0 Å². The Labute approximate surface area is 168 Å². The van der Waals surface area contributed by atoms with Crippen molar-refractivity contribution in [3.05, 3.63) is 0 Å². The van der Waals surface area contributed by atoms with Crippen molar-refractivity contribution in [3.63, 3.8) is 0 Å². The van der Waals surface area contributed by atoms with Crippen LogP contribution < -0.4 is 5.32 Å². The third-order valence-corrected chi connectivity index (χ3v) is 5.95. The first-order valence-electron chi connectivity index (χ1n) is 12.1. The molecule has 0 aromatic carbocycles. The Hall–Kier alpha value is -0.860. The summed E-state index contributed by atoms with van der Waals surface area (Å²) in [5.41, 5.74) is 0. The van der Waals surface area contributed by atoms with E-state index in [9.17, 15) is 9.59 Å². The van der Waals surface area contributed by atoms with Crippen LogP contribution in [0.5, 0.6) is 0 Å². The van der Waals surface area contributed by atoms with Crippen LogP contribution in [0.4, 0.5) is 0 Å². The fraction of sp³-hybridized carbons (Fsp3) is 0.917. The monoisotopic (exact) mass is 379 g/mol. The average Bonchev–Trinajstić information content (AvgIpc) is 2.89. The van der Waals surface area contributed by atoms with Crippen LogP contribution in [0.3, 0.4) is 0 Å². The summed E-state index contributed by atoms with van der Waals surface area (Å²) in [5.74, 6) is -0.221. The first-order chi connectivity index (χ1) is 13.3. The Morgan fingerprint density at radius 3 is 1.78 bits per heavy atom. The molecule has 3 nitrogen and oxygen atoms in total. The number of hydrogen-bond donors (Lipinski definition) is 1. The maximum atomic E-state index is 12.2. The molecule has 3 heteroatoms. The maximum absolute atomic E-state index is 12.2. The minimum Gasteiger partial charge on any atom is -0.355 e. The van der Waals surface area contributed by atoms with Gasteiger partial charge in [0.15, 0.2) is 0 Å². The van der Waals surface area contributed by atoms with Crippen molar-refractivity contribution in [2.24, 2.45) is 5.92 Å². The third-order valence-electron chi connectivity index (χ3n) is 5.95. The molecule has 0 aliphatic carbocycles. The van der Waals surface area contributed by atoms with Crippen LogP contribution in [-0.2, 0) is 9.59 Å². The second-order valence-corrected chi connectivity index (χ2v) is 8.51. The molecule has 1 aliphatic heterocycles. The van der Waals surface area contributed by atoms with E-state index < -0.39 is 0 Å². The number of nitrogens with one attached hydrogen (secondary N) is 1. The Morgan fingerprint density at radius 2 is 1.26 bits per heavy atom. The van der Waals surface area contributed by atoms with E-state index >= 15 is 0 Å². The number of rotatable bonds is 17. The second-order valence-electron chi connectivity index (χ2n) is 8.51. The van der Waals surface area contributed by atoms with Crippen LogP contribution in [0.15, 0.2) is 0 Å². The summed E-state index contributed by atoms with van der Waals surface area (Å²) in [7, 11) is 0. The molecular weight excluding hydrogens is 334 g/mol. The minimum atomic E-state index is -0.362. The minimum absolute atomic E-state index is 0.0292. The Bertz CT molecular complexity index is 381. The third kappa shape index (κ3) is 13.0. The van der Waals surface area contributed by atoms with Crippen molar-refractivity contribution in [2.45, 2.75) is 129 Å². The molecule has 0 aromatic rings. The van der Waals surface area contributed by atoms with Gasteiger partial charge >= 0.3 is 0 Å². The van der Waals surface area contributed by atoms with Gasteiger partial charge in [-0.05, 0) is 19.3 Å². The van der Waals surface area contributed by atoms with E-state index in [0.717, 1.165) is 38.6 Å². The first-order valence-corrected chi connectivity index (χ1v) is 12.1. The second kappa shape index (κ2) is 17.3. The van der Waals surface area contributed by atoms with E-state index in [1.54, 1.807) is 0 Å². The van der Waals surface area contributed by atoms with Crippen molar-refractivity contribution >= 4 is 11.7 Å². The van der Waals surface area contributed by atoms with Gasteiger partial charge in [-0.3, -0.25) is 9.59 Å². The fourth-order valence-electron chi connectivity index (χ4n) is 4.09. The molecule has 0 aromatic heterocycles. The molecular formula is C24H45NO2. The highest BCUT2D eigenvalue weighted by molar-refractivity contribution is 6.01. The number of Topliss-reactive ketones (excluding diaryl/α,β-unsaturated/α-hetero) is 1. The van der Waals surface area contributed by atoms with E-state index in [-0.39, 0.29) is 17.6 Å². The lowest BCUT2D eigenvalue weighted by atomic mass is 9.94. The maximum Gasteiger partial charge on any atom is 0.230 e. The van der Waals surface area contributed by atoms with E-state index in [1.165, 1.54) is 83.5 Å². The largest absolute Gasteiger partial charge is 0.355 e. The summed E-state index contributed by atoms with van der Waals surface area (Å²) in [6, 6.07) is 0. The van der Waals surface area contributed by atoms with Crippen molar-refractivity contribution < 1.29 is 9.59 Å². The van der Waals surface area contributed by atoms with E-state index in [2.05, 4.69) is 12.2 Å². The molecule has 0 spiro atoms. The molecule has 158 valence electrons. The summed E-state index contributed by atoms with van der Waals surface area (Å²) in [6.45, 7) is 3.01. The first kappa shape index (κ1) is 24.2. The van der Waals surface area contributed by atoms with Crippen LogP contribution in [0, 0.1) is 5.92 Å². The van der Waals surface area contributed by atoms with Gasteiger partial charge in [-0.25, -0.2) is 0 Å². The summed E-state index contributed by atoms with van der Waals surface area (Å²) < 4.78 is 0. The Kier molecular flexibility index (Phi) is 15.4. The van der Waals surface area contributed by atoms with Gasteiger partial charge in [-0.2, -0.15) is 0 Å². The molecule has 1 saturated heterocycles. The lowest BCUT2D eigenvalue weighted by molar-refractivity contribution is -0.133. The molecule has 27 heavy (non-hydrogen) atoms. The smallest absolute Gasteiger partial charge is 0.230 e. The zero-order chi connectivity index (χ0) is 19.6. The average molecular weight is 380 g/mol. The predicted octanol–water partition coefficient (Wildman–Crippen LogP) is 6.73. The summed E-state index contributed by atoms with van der Waals surface area (Å²) >= 11 is 0. The van der Waals surface area contributed by atoms with Gasteiger partial charge in [0.2, 0.25) is 5.91 Å². The summed E-state index contributed by atoms with van der Waals surface area (Å²) in [5, 5.41) is 2.87. The zero-order valence-corrected chi connectivity index (χ0v) is 18.0. The SMILES string of the molecule is CCCCCCCCCCCCCCCCCC(=O)C1CCCCNC1=O. The molecule has 1 fully saturated rings.